The average Bonchev–Trinajstić information content (AvgIpc) is 2.04. The van der Waals surface area contributed by atoms with E-state index in [2.05, 4.69) is 30.9 Å². The normalized spacial score (nSPS) is 10.5. The molecule has 2 heterocycles. The predicted molar refractivity (Wildman–Crippen MR) is 50.0 cm³/mol. The minimum atomic E-state index is 0.417. The number of aromatic nitrogens is 3. The van der Waals surface area contributed by atoms with Crippen LogP contribution < -0.4 is 0 Å². The molecule has 0 fully saturated rings. The maximum absolute atomic E-state index is 5.84. The van der Waals surface area contributed by atoms with Crippen LogP contribution in [0.25, 0.3) is 11.0 Å². The number of halogens is 2. The smallest absolute Gasteiger partial charge is 0.200 e. The molecule has 0 aliphatic rings. The van der Waals surface area contributed by atoms with Crippen LogP contribution in [-0.2, 0) is 0 Å². The number of hydrogen-bond acceptors (Lipinski definition) is 3. The van der Waals surface area contributed by atoms with Gasteiger partial charge in [0.2, 0.25) is 0 Å². The summed E-state index contributed by atoms with van der Waals surface area (Å²) in [4.78, 5) is 12.0. The summed E-state index contributed by atoms with van der Waals surface area (Å²) in [5, 5.41) is 1.18. The first-order valence-electron chi connectivity index (χ1n) is 3.21. The highest BCUT2D eigenvalue weighted by atomic mass is 79.9. The summed E-state index contributed by atoms with van der Waals surface area (Å²) in [5.41, 5.74) is 0.601. The number of rotatable bonds is 0. The Hall–Kier alpha value is -0.740. The molecule has 0 aromatic carbocycles. The minimum Gasteiger partial charge on any atom is -0.236 e. The van der Waals surface area contributed by atoms with E-state index < -0.39 is 0 Å². The van der Waals surface area contributed by atoms with E-state index in [1.54, 1.807) is 12.3 Å². The molecular weight excluding hydrogens is 241 g/mol. The van der Waals surface area contributed by atoms with Crippen molar-refractivity contribution in [2.75, 3.05) is 0 Å². The Kier molecular flexibility index (Phi) is 1.94. The molecule has 0 unspecified atom stereocenters. The van der Waals surface area contributed by atoms with Gasteiger partial charge in [0.25, 0.3) is 0 Å². The maximum atomic E-state index is 5.84. The number of nitrogens with zero attached hydrogens (tertiary/aromatic N) is 3. The molecule has 0 aliphatic heterocycles. The van der Waals surface area contributed by atoms with Crippen molar-refractivity contribution < 1.29 is 0 Å². The van der Waals surface area contributed by atoms with Gasteiger partial charge in [-0.25, -0.2) is 15.0 Å². The topological polar surface area (TPSA) is 38.7 Å². The Balaban J connectivity index is 2.89. The molecule has 0 amide bonds. The zero-order chi connectivity index (χ0) is 8.55. The van der Waals surface area contributed by atoms with E-state index >= 15 is 0 Å². The van der Waals surface area contributed by atoms with Crippen LogP contribution in [0.4, 0.5) is 0 Å². The third-order valence-electron chi connectivity index (χ3n) is 1.40. The quantitative estimate of drug-likeness (QED) is 0.528. The first kappa shape index (κ1) is 7.89. The molecule has 3 nitrogen and oxygen atoms in total. The molecule has 2 rings (SSSR count). The monoisotopic (exact) mass is 243 g/mol. The zero-order valence-corrected chi connectivity index (χ0v) is 8.17. The molecule has 0 spiro atoms. The van der Waals surface area contributed by atoms with Gasteiger partial charge < -0.3 is 0 Å². The van der Waals surface area contributed by atoms with Crippen LogP contribution in [0.5, 0.6) is 0 Å². The molecule has 0 N–H and O–H groups in total. The van der Waals surface area contributed by atoms with Gasteiger partial charge >= 0.3 is 0 Å². The summed E-state index contributed by atoms with van der Waals surface area (Å²) < 4.78 is 0.457. The van der Waals surface area contributed by atoms with E-state index in [1.165, 1.54) is 0 Å². The van der Waals surface area contributed by atoms with Crippen LogP contribution in [0, 0.1) is 0 Å². The van der Waals surface area contributed by atoms with Crippen molar-refractivity contribution in [2.24, 2.45) is 0 Å². The SMILES string of the molecule is Clc1nc(Br)nc2ncccc12. The summed E-state index contributed by atoms with van der Waals surface area (Å²) in [5.74, 6) is 0. The van der Waals surface area contributed by atoms with Gasteiger partial charge in [-0.05, 0) is 28.1 Å². The lowest BCUT2D eigenvalue weighted by Gasteiger charge is -1.97. The standard InChI is InChI=1S/C7H3BrClN3/c8-7-11-5(9)4-2-1-3-10-6(4)12-7/h1-3H. The van der Waals surface area contributed by atoms with Gasteiger partial charge in [0, 0.05) is 6.20 Å². The van der Waals surface area contributed by atoms with Crippen molar-refractivity contribution in [3.63, 3.8) is 0 Å². The minimum absolute atomic E-state index is 0.417. The molecule has 2 aromatic heterocycles. The first-order chi connectivity index (χ1) is 5.77. The Morgan fingerprint density at radius 3 is 3.00 bits per heavy atom. The summed E-state index contributed by atoms with van der Waals surface area (Å²) in [6, 6.07) is 3.63. The third kappa shape index (κ3) is 1.28. The van der Waals surface area contributed by atoms with Gasteiger partial charge in [-0.3, -0.25) is 0 Å². The number of fused-ring (bicyclic) bond motifs is 1. The lowest BCUT2D eigenvalue weighted by Crippen LogP contribution is -1.88. The van der Waals surface area contributed by atoms with Crippen LogP contribution in [0.15, 0.2) is 23.1 Å². The lowest BCUT2D eigenvalue weighted by atomic mass is 10.3. The molecule has 0 saturated heterocycles. The van der Waals surface area contributed by atoms with Crippen LogP contribution in [0.2, 0.25) is 5.15 Å². The molecule has 2 aromatic rings. The van der Waals surface area contributed by atoms with E-state index in [1.807, 2.05) is 6.07 Å². The second-order valence-electron chi connectivity index (χ2n) is 2.16. The van der Waals surface area contributed by atoms with Gasteiger partial charge in [-0.15, -0.1) is 0 Å². The molecular formula is C7H3BrClN3. The van der Waals surface area contributed by atoms with E-state index in [9.17, 15) is 0 Å². The fourth-order valence-corrected chi connectivity index (χ4v) is 1.58. The predicted octanol–water partition coefficient (Wildman–Crippen LogP) is 2.44. The van der Waals surface area contributed by atoms with E-state index in [0.717, 1.165) is 5.39 Å². The van der Waals surface area contributed by atoms with E-state index in [0.29, 0.717) is 15.5 Å². The Bertz CT molecular complexity index is 432. The van der Waals surface area contributed by atoms with Crippen molar-refractivity contribution in [1.82, 2.24) is 15.0 Å². The number of pyridine rings is 1. The van der Waals surface area contributed by atoms with E-state index in [4.69, 9.17) is 11.6 Å². The maximum Gasteiger partial charge on any atom is 0.200 e. The Morgan fingerprint density at radius 1 is 1.33 bits per heavy atom. The van der Waals surface area contributed by atoms with Gasteiger partial charge in [0.1, 0.15) is 5.15 Å². The second kappa shape index (κ2) is 2.95. The largest absolute Gasteiger partial charge is 0.236 e. The lowest BCUT2D eigenvalue weighted by molar-refractivity contribution is 1.13. The first-order valence-corrected chi connectivity index (χ1v) is 4.38. The van der Waals surface area contributed by atoms with E-state index in [-0.39, 0.29) is 0 Å². The Morgan fingerprint density at radius 2 is 2.17 bits per heavy atom. The Labute approximate surface area is 81.9 Å². The summed E-state index contributed by atoms with van der Waals surface area (Å²) in [6.45, 7) is 0. The zero-order valence-electron chi connectivity index (χ0n) is 5.83. The molecule has 5 heteroatoms. The van der Waals surface area contributed by atoms with Crippen LogP contribution in [0.3, 0.4) is 0 Å². The molecule has 12 heavy (non-hydrogen) atoms. The van der Waals surface area contributed by atoms with Gasteiger partial charge in [0.05, 0.1) is 5.39 Å². The highest BCUT2D eigenvalue weighted by Crippen LogP contribution is 2.19. The van der Waals surface area contributed by atoms with Crippen molar-refractivity contribution in [2.45, 2.75) is 0 Å². The van der Waals surface area contributed by atoms with Crippen molar-refractivity contribution in [3.05, 3.63) is 28.2 Å². The molecule has 0 saturated carbocycles. The average molecular weight is 244 g/mol. The number of hydrogen-bond donors (Lipinski definition) is 0. The summed E-state index contributed by atoms with van der Waals surface area (Å²) >= 11 is 8.98. The van der Waals surface area contributed by atoms with Crippen molar-refractivity contribution >= 4 is 38.6 Å². The molecule has 60 valence electrons. The molecule has 0 radical (unpaired) electrons. The van der Waals surface area contributed by atoms with Crippen LogP contribution in [0.1, 0.15) is 0 Å². The third-order valence-corrected chi connectivity index (χ3v) is 2.04. The van der Waals surface area contributed by atoms with Gasteiger partial charge in [-0.2, -0.15) is 0 Å². The van der Waals surface area contributed by atoms with Crippen LogP contribution in [-0.4, -0.2) is 15.0 Å². The molecule has 0 bridgehead atoms. The summed E-state index contributed by atoms with van der Waals surface area (Å²) in [6.07, 6.45) is 1.66. The molecule has 0 atom stereocenters. The summed E-state index contributed by atoms with van der Waals surface area (Å²) in [7, 11) is 0. The second-order valence-corrected chi connectivity index (χ2v) is 3.23. The van der Waals surface area contributed by atoms with Crippen molar-refractivity contribution in [1.29, 1.82) is 0 Å². The highest BCUT2D eigenvalue weighted by Gasteiger charge is 2.02. The van der Waals surface area contributed by atoms with Crippen LogP contribution >= 0.6 is 27.5 Å². The van der Waals surface area contributed by atoms with Gasteiger partial charge in [0.15, 0.2) is 10.4 Å². The fraction of sp³-hybridized carbons (Fsp3) is 0. The van der Waals surface area contributed by atoms with Gasteiger partial charge in [-0.1, -0.05) is 11.6 Å². The fourth-order valence-electron chi connectivity index (χ4n) is 0.901. The molecule has 0 aliphatic carbocycles. The highest BCUT2D eigenvalue weighted by molar-refractivity contribution is 9.10. The van der Waals surface area contributed by atoms with Crippen molar-refractivity contribution in [3.8, 4) is 0 Å².